The summed E-state index contributed by atoms with van der Waals surface area (Å²) in [5.74, 6) is -1.53. The maximum absolute atomic E-state index is 13.0. The van der Waals surface area contributed by atoms with Gasteiger partial charge in [-0.15, -0.1) is 0 Å². The van der Waals surface area contributed by atoms with E-state index in [1.54, 1.807) is 0 Å². The van der Waals surface area contributed by atoms with Crippen molar-refractivity contribution in [3.8, 4) is 0 Å². The number of halogens is 1. The highest BCUT2D eigenvalue weighted by Gasteiger charge is 2.24. The maximum Gasteiger partial charge on any atom is 0.305 e. The molecule has 1 amide bonds. The summed E-state index contributed by atoms with van der Waals surface area (Å²) >= 11 is 0. The van der Waals surface area contributed by atoms with Gasteiger partial charge < -0.3 is 14.9 Å². The van der Waals surface area contributed by atoms with Crippen LogP contribution in [0.2, 0.25) is 0 Å². The van der Waals surface area contributed by atoms with E-state index in [1.807, 2.05) is 20.8 Å². The van der Waals surface area contributed by atoms with Gasteiger partial charge in [0, 0.05) is 11.5 Å². The van der Waals surface area contributed by atoms with Crippen LogP contribution in [0.1, 0.15) is 55.0 Å². The fourth-order valence-corrected chi connectivity index (χ4v) is 2.09. The molecular formula is C17H19FN2O4. The minimum atomic E-state index is -1.08. The molecule has 2 N–H and O–H groups in total. The number of carbonyl (C=O) groups excluding carboxylic acids is 1. The third kappa shape index (κ3) is 4.41. The van der Waals surface area contributed by atoms with Crippen molar-refractivity contribution in [1.29, 1.82) is 0 Å². The molecule has 0 bridgehead atoms. The van der Waals surface area contributed by atoms with E-state index in [2.05, 4.69) is 10.5 Å². The third-order valence-electron chi connectivity index (χ3n) is 3.44. The van der Waals surface area contributed by atoms with Gasteiger partial charge in [0.05, 0.1) is 12.5 Å². The maximum atomic E-state index is 13.0. The molecule has 0 aliphatic carbocycles. The number of hydrogen-bond donors (Lipinski definition) is 2. The summed E-state index contributed by atoms with van der Waals surface area (Å²) in [5.41, 5.74) is 0.257. The van der Waals surface area contributed by atoms with Crippen LogP contribution >= 0.6 is 0 Å². The van der Waals surface area contributed by atoms with Crippen LogP contribution in [0.25, 0.3) is 0 Å². The number of carboxylic acid groups (broad SMARTS) is 1. The van der Waals surface area contributed by atoms with Crippen molar-refractivity contribution in [2.24, 2.45) is 0 Å². The van der Waals surface area contributed by atoms with Crippen molar-refractivity contribution in [2.75, 3.05) is 0 Å². The predicted octanol–water partition coefficient (Wildman–Crippen LogP) is 3.06. The summed E-state index contributed by atoms with van der Waals surface area (Å²) in [6.07, 6.45) is -0.332. The Labute approximate surface area is 138 Å². The molecule has 0 aliphatic rings. The Hall–Kier alpha value is -2.70. The first-order valence-electron chi connectivity index (χ1n) is 7.42. The second-order valence-electron chi connectivity index (χ2n) is 6.50. The molecule has 128 valence electrons. The van der Waals surface area contributed by atoms with Gasteiger partial charge in [-0.05, 0) is 17.7 Å². The topological polar surface area (TPSA) is 92.4 Å². The van der Waals surface area contributed by atoms with E-state index >= 15 is 0 Å². The Kier molecular flexibility index (Phi) is 5.02. The number of carboxylic acids is 1. The summed E-state index contributed by atoms with van der Waals surface area (Å²) in [5, 5.41) is 15.4. The van der Waals surface area contributed by atoms with Crippen molar-refractivity contribution < 1.29 is 23.6 Å². The van der Waals surface area contributed by atoms with Gasteiger partial charge in [0.1, 0.15) is 11.6 Å². The van der Waals surface area contributed by atoms with Crippen molar-refractivity contribution in [3.05, 3.63) is 53.2 Å². The van der Waals surface area contributed by atoms with Gasteiger partial charge in [0.25, 0.3) is 5.91 Å². The Morgan fingerprint density at radius 2 is 1.92 bits per heavy atom. The number of aliphatic carboxylic acids is 1. The van der Waals surface area contributed by atoms with E-state index in [0.717, 1.165) is 0 Å². The van der Waals surface area contributed by atoms with Crippen LogP contribution in [-0.2, 0) is 10.2 Å². The Balaban J connectivity index is 2.19. The van der Waals surface area contributed by atoms with Crippen molar-refractivity contribution in [3.63, 3.8) is 0 Å². The third-order valence-corrected chi connectivity index (χ3v) is 3.44. The summed E-state index contributed by atoms with van der Waals surface area (Å²) in [4.78, 5) is 23.4. The van der Waals surface area contributed by atoms with Gasteiger partial charge in [-0.3, -0.25) is 9.59 Å². The molecule has 0 spiro atoms. The van der Waals surface area contributed by atoms with E-state index in [1.165, 1.54) is 30.3 Å². The van der Waals surface area contributed by atoms with Crippen LogP contribution in [0.5, 0.6) is 0 Å². The summed E-state index contributed by atoms with van der Waals surface area (Å²) in [6, 6.07) is 6.02. The van der Waals surface area contributed by atoms with E-state index in [9.17, 15) is 14.0 Å². The molecule has 0 fully saturated rings. The van der Waals surface area contributed by atoms with Crippen LogP contribution < -0.4 is 5.32 Å². The predicted molar refractivity (Wildman–Crippen MR) is 84.1 cm³/mol. The lowest BCUT2D eigenvalue weighted by Crippen LogP contribution is -2.30. The molecule has 7 heteroatoms. The number of amides is 1. The molecule has 0 radical (unpaired) electrons. The molecule has 0 saturated carbocycles. The molecule has 1 unspecified atom stereocenters. The number of hydrogen-bond acceptors (Lipinski definition) is 4. The highest BCUT2D eigenvalue weighted by molar-refractivity contribution is 5.92. The monoisotopic (exact) mass is 334 g/mol. The summed E-state index contributed by atoms with van der Waals surface area (Å²) < 4.78 is 18.2. The van der Waals surface area contributed by atoms with E-state index in [0.29, 0.717) is 11.3 Å². The Morgan fingerprint density at radius 1 is 1.29 bits per heavy atom. The lowest BCUT2D eigenvalue weighted by molar-refractivity contribution is -0.137. The van der Waals surface area contributed by atoms with Gasteiger partial charge in [0.15, 0.2) is 5.69 Å². The van der Waals surface area contributed by atoms with Crippen LogP contribution in [0.3, 0.4) is 0 Å². The summed E-state index contributed by atoms with van der Waals surface area (Å²) in [7, 11) is 0. The van der Waals surface area contributed by atoms with Gasteiger partial charge in [0.2, 0.25) is 0 Å². The van der Waals surface area contributed by atoms with Crippen molar-refractivity contribution in [1.82, 2.24) is 10.5 Å². The zero-order valence-electron chi connectivity index (χ0n) is 13.7. The van der Waals surface area contributed by atoms with Crippen molar-refractivity contribution in [2.45, 2.75) is 38.6 Å². The molecule has 1 aromatic carbocycles. The second kappa shape index (κ2) is 6.82. The molecule has 1 atom stereocenters. The second-order valence-corrected chi connectivity index (χ2v) is 6.50. The highest BCUT2D eigenvalue weighted by Crippen LogP contribution is 2.23. The number of nitrogens with one attached hydrogen (secondary N) is 1. The van der Waals surface area contributed by atoms with E-state index < -0.39 is 23.7 Å². The van der Waals surface area contributed by atoms with E-state index in [4.69, 9.17) is 9.63 Å². The molecule has 2 aromatic rings. The zero-order chi connectivity index (χ0) is 17.9. The quantitative estimate of drug-likeness (QED) is 0.876. The highest BCUT2D eigenvalue weighted by atomic mass is 19.1. The molecule has 0 saturated heterocycles. The van der Waals surface area contributed by atoms with Crippen LogP contribution in [0, 0.1) is 5.82 Å². The fourth-order valence-electron chi connectivity index (χ4n) is 2.09. The van der Waals surface area contributed by atoms with Gasteiger partial charge in [-0.25, -0.2) is 4.39 Å². The lowest BCUT2D eigenvalue weighted by Gasteiger charge is -2.16. The SMILES string of the molecule is CC(C)(C)c1cc(C(=O)NC(CC(=O)O)c2ccc(F)cc2)no1. The standard InChI is InChI=1S/C17H19FN2O4/c1-17(2,3)14-8-13(20-24-14)16(23)19-12(9-15(21)22)10-4-6-11(18)7-5-10/h4-8,12H,9H2,1-3H3,(H,19,23)(H,21,22). The number of rotatable bonds is 5. The average molecular weight is 334 g/mol. The normalized spacial score (nSPS) is 12.7. The first-order chi connectivity index (χ1) is 11.2. The Bertz CT molecular complexity index is 732. The van der Waals surface area contributed by atoms with Crippen LogP contribution in [0.15, 0.2) is 34.9 Å². The molecule has 24 heavy (non-hydrogen) atoms. The number of nitrogens with zero attached hydrogens (tertiary/aromatic N) is 1. The lowest BCUT2D eigenvalue weighted by atomic mass is 9.93. The minimum Gasteiger partial charge on any atom is -0.481 e. The zero-order valence-corrected chi connectivity index (χ0v) is 13.7. The molecule has 1 aromatic heterocycles. The molecule has 1 heterocycles. The molecular weight excluding hydrogens is 315 g/mol. The average Bonchev–Trinajstić information content (AvgIpc) is 2.97. The number of aromatic nitrogens is 1. The van der Waals surface area contributed by atoms with Crippen LogP contribution in [-0.4, -0.2) is 22.1 Å². The van der Waals surface area contributed by atoms with Gasteiger partial charge in [-0.1, -0.05) is 38.1 Å². The summed E-state index contributed by atoms with van der Waals surface area (Å²) in [6.45, 7) is 5.75. The molecule has 2 rings (SSSR count). The minimum absolute atomic E-state index is 0.0671. The molecule has 0 aliphatic heterocycles. The Morgan fingerprint density at radius 3 is 2.42 bits per heavy atom. The van der Waals surface area contributed by atoms with E-state index in [-0.39, 0.29) is 17.5 Å². The van der Waals surface area contributed by atoms with Crippen LogP contribution in [0.4, 0.5) is 4.39 Å². The largest absolute Gasteiger partial charge is 0.481 e. The smallest absolute Gasteiger partial charge is 0.305 e. The van der Waals surface area contributed by atoms with Gasteiger partial charge in [-0.2, -0.15) is 0 Å². The number of benzene rings is 1. The fraction of sp³-hybridized carbons (Fsp3) is 0.353. The van der Waals surface area contributed by atoms with Gasteiger partial charge >= 0.3 is 5.97 Å². The first-order valence-corrected chi connectivity index (χ1v) is 7.42. The first kappa shape index (κ1) is 17.7. The molecule has 6 nitrogen and oxygen atoms in total. The number of carbonyl (C=O) groups is 2. The van der Waals surface area contributed by atoms with Crippen molar-refractivity contribution >= 4 is 11.9 Å².